The van der Waals surface area contributed by atoms with Crippen LogP contribution in [0.5, 0.6) is 0 Å². The van der Waals surface area contributed by atoms with Crippen molar-refractivity contribution in [3.05, 3.63) is 76.1 Å². The molecular formula is C26H26ClF2N5. The van der Waals surface area contributed by atoms with Gasteiger partial charge in [0.2, 0.25) is 0 Å². The summed E-state index contributed by atoms with van der Waals surface area (Å²) in [5, 5.41) is -0.137. The molecule has 5 nitrogen and oxygen atoms in total. The smallest absolute Gasteiger partial charge is 0.144 e. The van der Waals surface area contributed by atoms with E-state index in [1.165, 1.54) is 6.07 Å². The van der Waals surface area contributed by atoms with Crippen LogP contribution in [0.3, 0.4) is 0 Å². The van der Waals surface area contributed by atoms with Gasteiger partial charge < -0.3 is 9.80 Å². The maximum absolute atomic E-state index is 14.5. The number of nitrogens with zero attached hydrogens (tertiary/aromatic N) is 5. The maximum Gasteiger partial charge on any atom is 0.144 e. The predicted octanol–water partition coefficient (Wildman–Crippen LogP) is 4.63. The molecule has 3 aromatic rings. The summed E-state index contributed by atoms with van der Waals surface area (Å²) in [6.45, 7) is 5.98. The number of aromatic nitrogens is 2. The topological polar surface area (TPSA) is 44.6 Å². The molecule has 0 spiro atoms. The number of allylic oxidation sites excluding steroid dienone is 1. The van der Waals surface area contributed by atoms with Crippen molar-refractivity contribution in [3.8, 4) is 0 Å². The molecule has 2 aliphatic rings. The Morgan fingerprint density at radius 3 is 2.65 bits per heavy atom. The molecule has 0 saturated carbocycles. The number of piperazine rings is 1. The molecule has 2 aromatic heterocycles. The van der Waals surface area contributed by atoms with Crippen molar-refractivity contribution in [2.75, 3.05) is 46.3 Å². The third kappa shape index (κ3) is 4.87. The number of halogens is 3. The van der Waals surface area contributed by atoms with E-state index in [-0.39, 0.29) is 10.6 Å². The van der Waals surface area contributed by atoms with Crippen molar-refractivity contribution in [2.45, 2.75) is 12.8 Å². The van der Waals surface area contributed by atoms with Crippen LogP contribution in [0.25, 0.3) is 16.6 Å². The van der Waals surface area contributed by atoms with Crippen LogP contribution in [0.15, 0.2) is 47.6 Å². The van der Waals surface area contributed by atoms with Gasteiger partial charge in [-0.25, -0.2) is 13.8 Å². The van der Waals surface area contributed by atoms with Crippen LogP contribution in [-0.4, -0.2) is 71.8 Å². The van der Waals surface area contributed by atoms with Gasteiger partial charge in [-0.15, -0.1) is 0 Å². The summed E-state index contributed by atoms with van der Waals surface area (Å²) in [6, 6.07) is 7.93. The minimum atomic E-state index is -0.790. The second kappa shape index (κ2) is 9.86. The lowest BCUT2D eigenvalue weighted by Crippen LogP contribution is -2.44. The van der Waals surface area contributed by atoms with Crippen LogP contribution in [0.4, 0.5) is 8.78 Å². The second-order valence-corrected chi connectivity index (χ2v) is 9.29. The minimum absolute atomic E-state index is 0.137. The largest absolute Gasteiger partial charge is 0.304 e. The Morgan fingerprint density at radius 1 is 1.00 bits per heavy atom. The van der Waals surface area contributed by atoms with Crippen molar-refractivity contribution < 1.29 is 8.78 Å². The first-order chi connectivity index (χ1) is 16.5. The Bertz CT molecular complexity index is 1280. The molecule has 0 aliphatic carbocycles. The molecular weight excluding hydrogens is 456 g/mol. The SMILES string of the molecule is CN1CCN(CCCc2cnc3ccc(C4=CCN=C4c4cc(Cl)c(F)cc4F)nc3c2)CC1. The van der Waals surface area contributed by atoms with Crippen molar-refractivity contribution in [1.82, 2.24) is 19.8 Å². The number of fused-ring (bicyclic) bond motifs is 1. The third-order valence-electron chi connectivity index (χ3n) is 6.47. The van der Waals surface area contributed by atoms with Crippen molar-refractivity contribution >= 4 is 33.9 Å². The number of hydrogen-bond donors (Lipinski definition) is 0. The van der Waals surface area contributed by atoms with E-state index in [0.717, 1.165) is 68.2 Å². The second-order valence-electron chi connectivity index (χ2n) is 8.88. The van der Waals surface area contributed by atoms with E-state index in [1.54, 1.807) is 0 Å². The van der Waals surface area contributed by atoms with Gasteiger partial charge in [0.1, 0.15) is 11.6 Å². The van der Waals surface area contributed by atoms with E-state index < -0.39 is 11.6 Å². The molecule has 8 heteroatoms. The number of pyridine rings is 2. The molecule has 34 heavy (non-hydrogen) atoms. The lowest BCUT2D eigenvalue weighted by molar-refractivity contribution is 0.153. The third-order valence-corrected chi connectivity index (χ3v) is 6.76. The molecule has 4 heterocycles. The normalized spacial score (nSPS) is 17.3. The molecule has 0 bridgehead atoms. The predicted molar refractivity (Wildman–Crippen MR) is 133 cm³/mol. The van der Waals surface area contributed by atoms with Crippen LogP contribution in [0.2, 0.25) is 5.02 Å². The number of hydrogen-bond acceptors (Lipinski definition) is 5. The van der Waals surface area contributed by atoms with Crippen LogP contribution in [0, 0.1) is 11.6 Å². The standard InChI is InChI=1S/C26H26ClF2N5/c1-33-9-11-34(12-10-33)8-2-3-17-13-25-24(31-16-17)5-4-23(32-25)18-6-7-30-26(18)19-14-20(27)22(29)15-21(19)28/h4-6,13-16H,2-3,7-12H2,1H3. The van der Waals surface area contributed by atoms with Crippen molar-refractivity contribution in [2.24, 2.45) is 4.99 Å². The molecule has 1 saturated heterocycles. The van der Waals surface area contributed by atoms with Crippen LogP contribution in [-0.2, 0) is 6.42 Å². The molecule has 0 N–H and O–H groups in total. The zero-order valence-electron chi connectivity index (χ0n) is 19.1. The molecule has 0 radical (unpaired) electrons. The first kappa shape index (κ1) is 23.0. The van der Waals surface area contributed by atoms with Gasteiger partial charge in [-0.05, 0) is 56.3 Å². The van der Waals surface area contributed by atoms with Gasteiger partial charge in [0, 0.05) is 49.6 Å². The first-order valence-corrected chi connectivity index (χ1v) is 11.9. The van der Waals surface area contributed by atoms with Crippen LogP contribution < -0.4 is 0 Å². The van der Waals surface area contributed by atoms with Gasteiger partial charge in [0.15, 0.2) is 0 Å². The van der Waals surface area contributed by atoms with Crippen LogP contribution >= 0.6 is 11.6 Å². The quantitative estimate of drug-likeness (QED) is 0.482. The molecule has 176 valence electrons. The average molecular weight is 482 g/mol. The van der Waals surface area contributed by atoms with Gasteiger partial charge >= 0.3 is 0 Å². The molecule has 1 fully saturated rings. The lowest BCUT2D eigenvalue weighted by atomic mass is 9.99. The summed E-state index contributed by atoms with van der Waals surface area (Å²) in [6.07, 6.45) is 5.83. The Hall–Kier alpha value is -2.74. The molecule has 1 aromatic carbocycles. The highest BCUT2D eigenvalue weighted by atomic mass is 35.5. The fourth-order valence-electron chi connectivity index (χ4n) is 4.48. The zero-order valence-corrected chi connectivity index (χ0v) is 19.8. The Morgan fingerprint density at radius 2 is 1.82 bits per heavy atom. The fourth-order valence-corrected chi connectivity index (χ4v) is 4.65. The molecule has 0 amide bonds. The van der Waals surface area contributed by atoms with E-state index in [0.29, 0.717) is 23.5 Å². The fraction of sp³-hybridized carbons (Fsp3) is 0.346. The highest BCUT2D eigenvalue weighted by Crippen LogP contribution is 2.29. The van der Waals surface area contributed by atoms with Crippen molar-refractivity contribution in [3.63, 3.8) is 0 Å². The van der Waals surface area contributed by atoms with E-state index in [1.807, 2.05) is 24.4 Å². The molecule has 2 aliphatic heterocycles. The Balaban J connectivity index is 1.33. The summed E-state index contributed by atoms with van der Waals surface area (Å²) in [4.78, 5) is 18.7. The van der Waals surface area contributed by atoms with Gasteiger partial charge in [0.05, 0.1) is 34.0 Å². The molecule has 0 unspecified atom stereocenters. The summed E-state index contributed by atoms with van der Waals surface area (Å²) in [7, 11) is 2.17. The van der Waals surface area contributed by atoms with E-state index >= 15 is 0 Å². The van der Waals surface area contributed by atoms with Crippen molar-refractivity contribution in [1.29, 1.82) is 0 Å². The highest BCUT2D eigenvalue weighted by Gasteiger charge is 2.22. The Kier molecular flexibility index (Phi) is 6.68. The average Bonchev–Trinajstić information content (AvgIpc) is 3.32. The van der Waals surface area contributed by atoms with Gasteiger partial charge in [0.25, 0.3) is 0 Å². The van der Waals surface area contributed by atoms with E-state index in [9.17, 15) is 8.78 Å². The van der Waals surface area contributed by atoms with Crippen LogP contribution in [0.1, 0.15) is 23.2 Å². The molecule has 0 atom stereocenters. The summed E-state index contributed by atoms with van der Waals surface area (Å²) in [5.74, 6) is -1.49. The number of benzene rings is 1. The maximum atomic E-state index is 14.5. The first-order valence-electron chi connectivity index (χ1n) is 11.5. The summed E-state index contributed by atoms with van der Waals surface area (Å²) >= 11 is 5.91. The lowest BCUT2D eigenvalue weighted by Gasteiger charge is -2.32. The minimum Gasteiger partial charge on any atom is -0.304 e. The van der Waals surface area contributed by atoms with Gasteiger partial charge in [-0.2, -0.15) is 0 Å². The summed E-state index contributed by atoms with van der Waals surface area (Å²) in [5.41, 5.74) is 4.75. The number of likely N-dealkylation sites (N-methyl/N-ethyl adjacent to an activating group) is 1. The van der Waals surface area contributed by atoms with Gasteiger partial charge in [-0.3, -0.25) is 9.98 Å². The Labute approximate surface area is 202 Å². The monoisotopic (exact) mass is 481 g/mol. The zero-order chi connectivity index (χ0) is 23.7. The van der Waals surface area contributed by atoms with E-state index in [4.69, 9.17) is 16.6 Å². The van der Waals surface area contributed by atoms with E-state index in [2.05, 4.69) is 32.9 Å². The number of aliphatic imine (C=N–C) groups is 1. The number of aryl methyl sites for hydroxylation is 1. The number of rotatable bonds is 6. The van der Waals surface area contributed by atoms with Gasteiger partial charge in [-0.1, -0.05) is 17.7 Å². The molecule has 5 rings (SSSR count). The highest BCUT2D eigenvalue weighted by molar-refractivity contribution is 6.35. The summed E-state index contributed by atoms with van der Waals surface area (Å²) < 4.78 is 28.1.